The molecule has 2 aromatic rings. The van der Waals surface area contributed by atoms with Crippen molar-refractivity contribution < 1.29 is 0 Å². The van der Waals surface area contributed by atoms with Gasteiger partial charge in [0.15, 0.2) is 0 Å². The third kappa shape index (κ3) is 2.38. The quantitative estimate of drug-likeness (QED) is 0.675. The summed E-state index contributed by atoms with van der Waals surface area (Å²) in [5.74, 6) is 0.961. The summed E-state index contributed by atoms with van der Waals surface area (Å²) in [6.45, 7) is 2.07. The molecule has 0 aliphatic heterocycles. The van der Waals surface area contributed by atoms with Gasteiger partial charge in [-0.15, -0.1) is 0 Å². The molecular weight excluding hydrogens is 301 g/mol. The molecule has 2 rings (SSSR count). The first-order valence-electron chi connectivity index (χ1n) is 4.78. The molecule has 0 saturated heterocycles. The molecule has 15 heavy (non-hydrogen) atoms. The zero-order valence-corrected chi connectivity index (χ0v) is 10.5. The number of hydrogen-bond donors (Lipinski definition) is 2. The average Bonchev–Trinajstić information content (AvgIpc) is 2.78. The number of halogens is 1. The Bertz CT molecular complexity index is 424. The molecule has 0 aliphatic carbocycles. The van der Waals surface area contributed by atoms with E-state index in [4.69, 9.17) is 0 Å². The summed E-state index contributed by atoms with van der Waals surface area (Å²) < 4.78 is 3.12. The van der Waals surface area contributed by atoms with Gasteiger partial charge in [-0.2, -0.15) is 0 Å². The fraction of sp³-hybridized carbons (Fsp3) is 0.182. The molecular formula is C11H12IN3. The van der Waals surface area contributed by atoms with Crippen LogP contribution in [0.25, 0.3) is 11.3 Å². The number of rotatable bonds is 3. The first kappa shape index (κ1) is 10.6. The van der Waals surface area contributed by atoms with E-state index < -0.39 is 0 Å². The average molecular weight is 313 g/mol. The van der Waals surface area contributed by atoms with Crippen LogP contribution in [0.2, 0.25) is 0 Å². The number of benzene rings is 1. The predicted octanol–water partition coefficient (Wildman–Crippen LogP) is 3.08. The minimum absolute atomic E-state index is 0.239. The Labute approximate surface area is 103 Å². The summed E-state index contributed by atoms with van der Waals surface area (Å²) in [4.78, 5) is 7.70. The van der Waals surface area contributed by atoms with Gasteiger partial charge in [0.05, 0.1) is 11.7 Å². The van der Waals surface area contributed by atoms with Crippen molar-refractivity contribution in [2.24, 2.45) is 0 Å². The van der Waals surface area contributed by atoms with Crippen LogP contribution in [-0.2, 0) is 0 Å². The van der Waals surface area contributed by atoms with Gasteiger partial charge >= 0.3 is 0 Å². The van der Waals surface area contributed by atoms with E-state index in [2.05, 4.69) is 55.4 Å². The molecule has 0 saturated carbocycles. The minimum Gasteiger partial charge on any atom is -0.347 e. The summed E-state index contributed by atoms with van der Waals surface area (Å²) in [6, 6.07) is 10.4. The normalized spacial score (nSPS) is 12.7. The lowest BCUT2D eigenvalue weighted by Crippen LogP contribution is -2.07. The summed E-state index contributed by atoms with van der Waals surface area (Å²) in [6.07, 6.45) is 1.94. The Morgan fingerprint density at radius 2 is 2.07 bits per heavy atom. The molecule has 1 atom stereocenters. The van der Waals surface area contributed by atoms with E-state index in [0.29, 0.717) is 0 Å². The van der Waals surface area contributed by atoms with E-state index >= 15 is 0 Å². The number of imidazole rings is 1. The predicted molar refractivity (Wildman–Crippen MR) is 69.6 cm³/mol. The third-order valence-electron chi connectivity index (χ3n) is 2.24. The van der Waals surface area contributed by atoms with Crippen molar-refractivity contribution in [1.29, 1.82) is 0 Å². The molecule has 1 aromatic heterocycles. The zero-order chi connectivity index (χ0) is 10.7. The lowest BCUT2D eigenvalue weighted by atomic mass is 10.2. The van der Waals surface area contributed by atoms with Crippen LogP contribution in [0.1, 0.15) is 18.8 Å². The smallest absolute Gasteiger partial charge is 0.124 e. The first-order chi connectivity index (χ1) is 7.31. The molecule has 0 amide bonds. The van der Waals surface area contributed by atoms with Crippen LogP contribution >= 0.6 is 22.9 Å². The van der Waals surface area contributed by atoms with Gasteiger partial charge < -0.3 is 4.98 Å². The van der Waals surface area contributed by atoms with Crippen molar-refractivity contribution in [3.63, 3.8) is 0 Å². The maximum Gasteiger partial charge on any atom is 0.124 e. The second kappa shape index (κ2) is 4.76. The van der Waals surface area contributed by atoms with E-state index in [1.165, 1.54) is 0 Å². The van der Waals surface area contributed by atoms with Gasteiger partial charge in [0.2, 0.25) is 0 Å². The third-order valence-corrected chi connectivity index (χ3v) is 3.18. The van der Waals surface area contributed by atoms with Gasteiger partial charge in [0.25, 0.3) is 0 Å². The summed E-state index contributed by atoms with van der Waals surface area (Å²) in [5, 5.41) is 0. The van der Waals surface area contributed by atoms with E-state index in [1.807, 2.05) is 24.4 Å². The van der Waals surface area contributed by atoms with Gasteiger partial charge in [0, 0.05) is 34.6 Å². The van der Waals surface area contributed by atoms with E-state index in [-0.39, 0.29) is 6.04 Å². The topological polar surface area (TPSA) is 40.7 Å². The maximum atomic E-state index is 4.53. The van der Waals surface area contributed by atoms with Gasteiger partial charge in [-0.3, -0.25) is 3.53 Å². The number of aromatic amines is 1. The molecule has 4 heteroatoms. The molecule has 1 heterocycles. The number of aromatic nitrogens is 2. The van der Waals surface area contributed by atoms with Gasteiger partial charge in [0.1, 0.15) is 5.82 Å². The summed E-state index contributed by atoms with van der Waals surface area (Å²) in [7, 11) is 0. The Hall–Kier alpha value is -0.880. The maximum absolute atomic E-state index is 4.53. The molecule has 3 nitrogen and oxygen atoms in total. The number of H-pyrrole nitrogens is 1. The van der Waals surface area contributed by atoms with Crippen molar-refractivity contribution in [3.05, 3.63) is 42.4 Å². The van der Waals surface area contributed by atoms with Gasteiger partial charge in [-0.05, 0) is 6.92 Å². The molecule has 0 spiro atoms. The van der Waals surface area contributed by atoms with Gasteiger partial charge in [-0.1, -0.05) is 30.3 Å². The van der Waals surface area contributed by atoms with Crippen LogP contribution in [0.3, 0.4) is 0 Å². The second-order valence-electron chi connectivity index (χ2n) is 3.37. The van der Waals surface area contributed by atoms with Crippen LogP contribution < -0.4 is 3.53 Å². The summed E-state index contributed by atoms with van der Waals surface area (Å²) in [5.41, 5.74) is 2.13. The number of hydrogen-bond acceptors (Lipinski definition) is 2. The Morgan fingerprint density at radius 1 is 1.33 bits per heavy atom. The van der Waals surface area contributed by atoms with Crippen LogP contribution in [-0.4, -0.2) is 9.97 Å². The van der Waals surface area contributed by atoms with Crippen molar-refractivity contribution >= 4 is 22.9 Å². The highest BCUT2D eigenvalue weighted by atomic mass is 127. The molecule has 0 radical (unpaired) electrons. The first-order valence-corrected chi connectivity index (χ1v) is 5.86. The standard InChI is InChI=1S/C11H12IN3/c1-8(15-12)11-13-7-10(14-11)9-5-3-2-4-6-9/h2-8,15H,1H3,(H,13,14)/t8-/m0/s1. The highest BCUT2D eigenvalue weighted by Gasteiger charge is 2.08. The van der Waals surface area contributed by atoms with Gasteiger partial charge in [-0.25, -0.2) is 4.98 Å². The van der Waals surface area contributed by atoms with Crippen LogP contribution in [0.4, 0.5) is 0 Å². The van der Waals surface area contributed by atoms with E-state index in [0.717, 1.165) is 17.1 Å². The molecule has 2 N–H and O–H groups in total. The fourth-order valence-corrected chi connectivity index (χ4v) is 1.66. The molecule has 0 fully saturated rings. The van der Waals surface area contributed by atoms with Crippen molar-refractivity contribution in [2.45, 2.75) is 13.0 Å². The van der Waals surface area contributed by atoms with Crippen molar-refractivity contribution in [3.8, 4) is 11.3 Å². The zero-order valence-electron chi connectivity index (χ0n) is 8.37. The lowest BCUT2D eigenvalue weighted by molar-refractivity contribution is 0.724. The summed E-state index contributed by atoms with van der Waals surface area (Å²) >= 11 is 2.13. The minimum atomic E-state index is 0.239. The Morgan fingerprint density at radius 3 is 2.73 bits per heavy atom. The van der Waals surface area contributed by atoms with Crippen LogP contribution in [0.15, 0.2) is 36.5 Å². The molecule has 0 bridgehead atoms. The molecule has 78 valence electrons. The highest BCUT2D eigenvalue weighted by molar-refractivity contribution is 14.1. The van der Waals surface area contributed by atoms with E-state index in [1.54, 1.807) is 0 Å². The molecule has 0 unspecified atom stereocenters. The highest BCUT2D eigenvalue weighted by Crippen LogP contribution is 2.18. The molecule has 0 aliphatic rings. The monoisotopic (exact) mass is 313 g/mol. The molecule has 1 aromatic carbocycles. The Kier molecular flexibility index (Phi) is 3.37. The largest absolute Gasteiger partial charge is 0.347 e. The fourth-order valence-electron chi connectivity index (χ4n) is 1.37. The van der Waals surface area contributed by atoms with Crippen molar-refractivity contribution in [1.82, 2.24) is 13.5 Å². The number of nitrogens with one attached hydrogen (secondary N) is 2. The number of nitrogens with zero attached hydrogens (tertiary/aromatic N) is 1. The van der Waals surface area contributed by atoms with E-state index in [9.17, 15) is 0 Å². The van der Waals surface area contributed by atoms with Crippen molar-refractivity contribution in [2.75, 3.05) is 0 Å². The van der Waals surface area contributed by atoms with Crippen LogP contribution in [0, 0.1) is 0 Å². The second-order valence-corrected chi connectivity index (χ2v) is 3.99. The Balaban J connectivity index is 2.28. The van der Waals surface area contributed by atoms with Crippen LogP contribution in [0.5, 0.6) is 0 Å². The SMILES string of the molecule is C[C@H](NI)c1nc(-c2ccccc2)c[nH]1. The lowest BCUT2D eigenvalue weighted by Gasteiger charge is -2.03.